The Labute approximate surface area is 366 Å². The highest BCUT2D eigenvalue weighted by Crippen LogP contribution is 2.80. The Balaban J connectivity index is 0.000000138. The molecule has 14 atom stereocenters. The van der Waals surface area contributed by atoms with Crippen LogP contribution >= 0.6 is 0 Å². The van der Waals surface area contributed by atoms with Gasteiger partial charge < -0.3 is 29.9 Å². The summed E-state index contributed by atoms with van der Waals surface area (Å²) >= 11 is 0. The van der Waals surface area contributed by atoms with Gasteiger partial charge in [0, 0.05) is 63.8 Å². The number of carbonyl (C=O) groups is 1. The normalized spacial score (nSPS) is 44.4. The molecule has 8 aliphatic carbocycles. The average molecular weight is 833 g/mol. The molecular formula is C54H76N2O5. The van der Waals surface area contributed by atoms with Crippen LogP contribution in [-0.4, -0.2) is 69.6 Å². The minimum atomic E-state index is -0.820. The number of hydrogen-bond donors (Lipinski definition) is 3. The topological polar surface area (TPSA) is 91.3 Å². The van der Waals surface area contributed by atoms with Crippen molar-refractivity contribution < 1.29 is 24.5 Å². The summed E-state index contributed by atoms with van der Waals surface area (Å²) in [5, 5.41) is 28.0. The Bertz CT molecular complexity index is 2270. The van der Waals surface area contributed by atoms with Gasteiger partial charge in [-0.1, -0.05) is 79.7 Å². The lowest BCUT2D eigenvalue weighted by Crippen LogP contribution is -2.80. The molecule has 4 aliphatic heterocycles. The highest BCUT2D eigenvalue weighted by molar-refractivity contribution is 5.75. The quantitative estimate of drug-likeness (QED) is 0.280. The third kappa shape index (κ3) is 4.38. The van der Waals surface area contributed by atoms with Crippen LogP contribution in [0.4, 0.5) is 0 Å². The van der Waals surface area contributed by atoms with Crippen LogP contribution in [-0.2, 0) is 28.5 Å². The fourth-order valence-electron chi connectivity index (χ4n) is 18.1. The predicted molar refractivity (Wildman–Crippen MR) is 240 cm³/mol. The van der Waals surface area contributed by atoms with Crippen molar-refractivity contribution in [2.45, 2.75) is 201 Å². The van der Waals surface area contributed by atoms with Crippen LogP contribution in [0.1, 0.15) is 161 Å². The molecule has 7 nitrogen and oxygen atoms in total. The van der Waals surface area contributed by atoms with Gasteiger partial charge in [0.2, 0.25) is 5.91 Å². The first-order chi connectivity index (χ1) is 28.3. The van der Waals surface area contributed by atoms with Crippen molar-refractivity contribution in [3.05, 3.63) is 57.6 Å². The number of benzene rings is 2. The van der Waals surface area contributed by atoms with E-state index in [1.54, 1.807) is 12.5 Å². The van der Waals surface area contributed by atoms with E-state index in [1.165, 1.54) is 46.4 Å². The summed E-state index contributed by atoms with van der Waals surface area (Å²) in [5.41, 5.74) is 6.73. The zero-order valence-corrected chi connectivity index (χ0v) is 39.8. The van der Waals surface area contributed by atoms with Gasteiger partial charge in [-0.2, -0.15) is 0 Å². The Morgan fingerprint density at radius 1 is 0.689 bits per heavy atom. The molecule has 8 fully saturated rings. The molecule has 61 heavy (non-hydrogen) atoms. The van der Waals surface area contributed by atoms with Crippen molar-refractivity contribution in [2.24, 2.45) is 44.3 Å². The zero-order valence-electron chi connectivity index (χ0n) is 39.8. The van der Waals surface area contributed by atoms with Crippen LogP contribution in [0.25, 0.3) is 0 Å². The number of amides is 1. The Morgan fingerprint density at radius 3 is 1.67 bits per heavy atom. The van der Waals surface area contributed by atoms with Crippen LogP contribution in [0.3, 0.4) is 0 Å². The lowest BCUT2D eigenvalue weighted by molar-refractivity contribution is -0.274. The minimum Gasteiger partial charge on any atom is -0.488 e. The first kappa shape index (κ1) is 41.1. The summed E-state index contributed by atoms with van der Waals surface area (Å²) < 4.78 is 14.1. The van der Waals surface area contributed by atoms with E-state index in [2.05, 4.69) is 118 Å². The summed E-state index contributed by atoms with van der Waals surface area (Å²) in [7, 11) is 0. The number of hydrogen-bond acceptors (Lipinski definition) is 6. The largest absolute Gasteiger partial charge is 0.488 e. The van der Waals surface area contributed by atoms with E-state index in [0.717, 1.165) is 70.2 Å². The predicted octanol–water partition coefficient (Wildman–Crippen LogP) is 9.29. The van der Waals surface area contributed by atoms with Gasteiger partial charge in [0.05, 0.1) is 11.2 Å². The van der Waals surface area contributed by atoms with Gasteiger partial charge in [0.15, 0.2) is 0 Å². The third-order valence-electron chi connectivity index (χ3n) is 22.0. The van der Waals surface area contributed by atoms with E-state index in [9.17, 15) is 15.0 Å². The maximum atomic E-state index is 12.8. The Kier molecular flexibility index (Phi) is 7.95. The molecule has 7 heteroatoms. The average Bonchev–Trinajstić information content (AvgIpc) is 3.73. The number of fused-ring (bicyclic) bond motifs is 4. The SMILES string of the molecule is CC(=O)N1CC[C@]23c4c5ccc(C)c4O[C@H]2[C@@]2(C)CC[C@@]3(C[C@@H]2[C@](C)(O)C(C)(C)C)[C@H]1C5.Cc1ccc2c3c1O[C@H]1[C@@]4(C)CC[C@@]5(C[C@@H]4[C@](C)(O)C(C)(C)C)[C@@H](C2)NCC[C@]315. The molecule has 2 aromatic carbocycles. The van der Waals surface area contributed by atoms with Crippen LogP contribution < -0.4 is 14.8 Å². The number of aliphatic hydroxyl groups is 2. The van der Waals surface area contributed by atoms with Gasteiger partial charge in [-0.15, -0.1) is 0 Å². The van der Waals surface area contributed by atoms with Crippen molar-refractivity contribution in [2.75, 3.05) is 13.1 Å². The second kappa shape index (κ2) is 11.8. The lowest BCUT2D eigenvalue weighted by atomic mass is 9.31. The van der Waals surface area contributed by atoms with Crippen molar-refractivity contribution in [3.63, 3.8) is 0 Å². The molecule has 2 saturated heterocycles. The molecule has 6 saturated carbocycles. The zero-order chi connectivity index (χ0) is 43.7. The molecule has 0 aromatic heterocycles. The van der Waals surface area contributed by atoms with Gasteiger partial charge in [-0.25, -0.2) is 0 Å². The number of aryl methyl sites for hydroxylation is 2. The fraction of sp³-hybridized carbons (Fsp3) is 0.759. The molecule has 2 aromatic rings. The lowest BCUT2D eigenvalue weighted by Gasteiger charge is -2.75. The number of carbonyl (C=O) groups excluding carboxylic acids is 1. The maximum absolute atomic E-state index is 12.8. The van der Waals surface area contributed by atoms with E-state index < -0.39 is 11.2 Å². The van der Waals surface area contributed by atoms with Crippen LogP contribution in [0, 0.1) is 58.2 Å². The molecular weight excluding hydrogens is 757 g/mol. The highest BCUT2D eigenvalue weighted by Gasteiger charge is 2.82. The van der Waals surface area contributed by atoms with Crippen LogP contribution in [0.2, 0.25) is 0 Å². The number of ether oxygens (including phenoxy) is 2. The molecule has 4 spiro atoms. The molecule has 14 rings (SSSR count). The maximum Gasteiger partial charge on any atom is 0.219 e. The van der Waals surface area contributed by atoms with Crippen LogP contribution in [0.15, 0.2) is 24.3 Å². The van der Waals surface area contributed by atoms with Gasteiger partial charge in [-0.05, 0) is 149 Å². The molecule has 0 unspecified atom stereocenters. The van der Waals surface area contributed by atoms with E-state index in [1.807, 2.05) is 0 Å². The van der Waals surface area contributed by atoms with Crippen molar-refractivity contribution in [3.8, 4) is 11.5 Å². The molecule has 4 heterocycles. The summed E-state index contributed by atoms with van der Waals surface area (Å²) in [6, 6.07) is 9.86. The van der Waals surface area contributed by atoms with Gasteiger partial charge in [-0.3, -0.25) is 4.79 Å². The molecule has 332 valence electrons. The third-order valence-corrected chi connectivity index (χ3v) is 22.0. The number of nitrogens with zero attached hydrogens (tertiary/aromatic N) is 1. The summed E-state index contributed by atoms with van der Waals surface area (Å²) in [6.07, 6.45) is 11.2. The molecule has 1 amide bonds. The van der Waals surface area contributed by atoms with Crippen molar-refractivity contribution in [1.29, 1.82) is 0 Å². The Hall–Kier alpha value is -2.61. The smallest absolute Gasteiger partial charge is 0.219 e. The van der Waals surface area contributed by atoms with E-state index in [-0.39, 0.29) is 79.3 Å². The summed E-state index contributed by atoms with van der Waals surface area (Å²) in [6.45, 7) is 30.2. The van der Waals surface area contributed by atoms with E-state index in [0.29, 0.717) is 6.04 Å². The fourth-order valence-corrected chi connectivity index (χ4v) is 18.1. The second-order valence-electron chi connectivity index (χ2n) is 25.7. The summed E-state index contributed by atoms with van der Waals surface area (Å²) in [5.74, 6) is 2.90. The first-order valence-electron chi connectivity index (χ1n) is 24.3. The highest BCUT2D eigenvalue weighted by atomic mass is 16.5. The van der Waals surface area contributed by atoms with Gasteiger partial charge in [0.1, 0.15) is 23.7 Å². The monoisotopic (exact) mass is 833 g/mol. The second-order valence-corrected chi connectivity index (χ2v) is 25.7. The van der Waals surface area contributed by atoms with Crippen molar-refractivity contribution >= 4 is 5.91 Å². The first-order valence-corrected chi connectivity index (χ1v) is 24.3. The van der Waals surface area contributed by atoms with E-state index in [4.69, 9.17) is 9.47 Å². The van der Waals surface area contributed by atoms with Gasteiger partial charge in [0.25, 0.3) is 0 Å². The van der Waals surface area contributed by atoms with Gasteiger partial charge >= 0.3 is 0 Å². The van der Waals surface area contributed by atoms with Crippen molar-refractivity contribution in [1.82, 2.24) is 10.2 Å². The van der Waals surface area contributed by atoms with Crippen LogP contribution in [0.5, 0.6) is 11.5 Å². The standard InChI is InChI=1S/C28H39NO3.C26H37NO2/c1-16-8-9-18-14-20-27-11-10-25(6,19(15-27)26(7,31)24(3,4)5)23-28(27,21(18)22(16)32-23)12-13-29(20)17(2)30;1-15-7-8-16-13-18-25-10-9-23(5,17(14-25)24(6,28)22(2,3)4)21-26(25,11-12-27-18)19(16)20(15)29-21/h8-9,19-20,23,31H,10-15H2,1-7H3;7-8,17-18,21,27-28H,9-14H2,1-6H3/t19-,20+,23-,25-,26-,27+,28-;17-,18+,21-,23-,24-,25+,26-/m00/s1. The number of rotatable bonds is 2. The molecule has 0 radical (unpaired) electrons. The number of nitrogens with one attached hydrogen (secondary N) is 1. The number of piperidine rings is 2. The summed E-state index contributed by atoms with van der Waals surface area (Å²) in [4.78, 5) is 15.0. The minimum absolute atomic E-state index is 0.000486. The molecule has 8 bridgehead atoms. The number of likely N-dealkylation sites (tertiary alicyclic amines) is 1. The Morgan fingerprint density at radius 2 is 1.16 bits per heavy atom. The molecule has 12 aliphatic rings. The van der Waals surface area contributed by atoms with E-state index >= 15 is 0 Å². The molecule has 3 N–H and O–H groups in total.